The van der Waals surface area contributed by atoms with Gasteiger partial charge in [0.1, 0.15) is 23.6 Å². The molecule has 1 saturated heterocycles. The van der Waals surface area contributed by atoms with E-state index in [2.05, 4.69) is 27.4 Å². The summed E-state index contributed by atoms with van der Waals surface area (Å²) in [6.07, 6.45) is 5.07. The van der Waals surface area contributed by atoms with Gasteiger partial charge in [-0.3, -0.25) is 0 Å². The molecule has 2 rings (SSSR count). The monoisotopic (exact) mass is 378 g/mol. The van der Waals surface area contributed by atoms with E-state index in [-0.39, 0.29) is 5.97 Å². The van der Waals surface area contributed by atoms with E-state index in [9.17, 15) is 4.79 Å². The Labute approximate surface area is 162 Å². The number of hydrogen-bond acceptors (Lipinski definition) is 5. The number of aryl methyl sites for hydroxylation is 1. The minimum Gasteiger partial charge on any atom is -0.465 e. The molecule has 0 bridgehead atoms. The summed E-state index contributed by atoms with van der Waals surface area (Å²) in [5.41, 5.74) is 0.455. The van der Waals surface area contributed by atoms with E-state index in [1.807, 2.05) is 6.92 Å². The first-order chi connectivity index (χ1) is 13.0. The number of piperidine rings is 1. The average Bonchev–Trinajstić information content (AvgIpc) is 3.04. The van der Waals surface area contributed by atoms with Crippen LogP contribution in [0.3, 0.4) is 0 Å². The number of carbonyl (C=O) groups is 1. The lowest BCUT2D eigenvalue weighted by Crippen LogP contribution is -2.41. The Balaban J connectivity index is 1.82. The molecule has 1 fully saturated rings. The Hall–Kier alpha value is -2.02. The van der Waals surface area contributed by atoms with Crippen LogP contribution in [-0.2, 0) is 11.3 Å². The van der Waals surface area contributed by atoms with Crippen molar-refractivity contribution in [1.29, 1.82) is 0 Å². The molecule has 1 atom stereocenters. The number of hydrogen-bond donors (Lipinski definition) is 2. The lowest BCUT2D eigenvalue weighted by atomic mass is 10.0. The number of rotatable bonds is 8. The topological polar surface area (TPSA) is 79.1 Å². The molecule has 2 N–H and O–H groups in total. The number of esters is 1. The predicted octanol–water partition coefficient (Wildman–Crippen LogP) is 2.69. The van der Waals surface area contributed by atoms with Crippen molar-refractivity contribution in [2.24, 2.45) is 4.99 Å². The summed E-state index contributed by atoms with van der Waals surface area (Å²) in [6.45, 7) is 10.5. The van der Waals surface area contributed by atoms with E-state index in [4.69, 9.17) is 9.15 Å². The fraction of sp³-hybridized carbons (Fsp3) is 0.700. The summed E-state index contributed by atoms with van der Waals surface area (Å²) in [4.78, 5) is 18.8. The van der Waals surface area contributed by atoms with Gasteiger partial charge in [0, 0.05) is 25.7 Å². The number of likely N-dealkylation sites (tertiary alicyclic amines) is 1. The van der Waals surface area contributed by atoms with E-state index in [0.29, 0.717) is 29.7 Å². The number of ether oxygens (including phenoxy) is 1. The summed E-state index contributed by atoms with van der Waals surface area (Å²) in [6, 6.07) is 2.40. The molecule has 0 radical (unpaired) electrons. The number of furan rings is 1. The summed E-state index contributed by atoms with van der Waals surface area (Å²) in [5.74, 6) is 1.58. The van der Waals surface area contributed by atoms with Crippen molar-refractivity contribution in [3.8, 4) is 0 Å². The summed E-state index contributed by atoms with van der Waals surface area (Å²) < 4.78 is 10.4. The van der Waals surface area contributed by atoms with Gasteiger partial charge in [-0.2, -0.15) is 0 Å². The maximum Gasteiger partial charge on any atom is 0.341 e. The highest BCUT2D eigenvalue weighted by molar-refractivity contribution is 5.90. The quantitative estimate of drug-likeness (QED) is 0.313. The van der Waals surface area contributed by atoms with E-state index in [1.165, 1.54) is 32.9 Å². The maximum atomic E-state index is 11.7. The van der Waals surface area contributed by atoms with Gasteiger partial charge >= 0.3 is 5.97 Å². The Morgan fingerprint density at radius 3 is 2.93 bits per heavy atom. The molecule has 0 saturated carbocycles. The van der Waals surface area contributed by atoms with Crippen LogP contribution in [0, 0.1) is 6.92 Å². The normalized spacial score (nSPS) is 18.4. The molecule has 1 aliphatic rings. The molecule has 152 valence electrons. The number of nitrogens with zero attached hydrogens (tertiary/aromatic N) is 2. The minimum absolute atomic E-state index is 0.371. The van der Waals surface area contributed by atoms with Gasteiger partial charge < -0.3 is 24.7 Å². The maximum absolute atomic E-state index is 11.7. The van der Waals surface area contributed by atoms with Crippen molar-refractivity contribution >= 4 is 11.9 Å². The van der Waals surface area contributed by atoms with Crippen LogP contribution < -0.4 is 10.6 Å². The molecule has 1 aromatic rings. The second-order valence-corrected chi connectivity index (χ2v) is 7.03. The molecule has 2 heterocycles. The number of nitrogens with one attached hydrogen (secondary N) is 2. The van der Waals surface area contributed by atoms with Crippen LogP contribution in [0.4, 0.5) is 0 Å². The predicted molar refractivity (Wildman–Crippen MR) is 107 cm³/mol. The summed E-state index contributed by atoms with van der Waals surface area (Å²) in [7, 11) is 1.37. The molecule has 0 aliphatic carbocycles. The number of guanidine groups is 1. The molecule has 7 nitrogen and oxygen atoms in total. The first kappa shape index (κ1) is 21.3. The van der Waals surface area contributed by atoms with Crippen molar-refractivity contribution in [3.63, 3.8) is 0 Å². The third-order valence-electron chi connectivity index (χ3n) is 4.97. The molecular weight excluding hydrogens is 344 g/mol. The smallest absolute Gasteiger partial charge is 0.341 e. The average molecular weight is 379 g/mol. The molecule has 1 unspecified atom stereocenters. The Bertz CT molecular complexity index is 627. The Kier molecular flexibility index (Phi) is 8.64. The lowest BCUT2D eigenvalue weighted by Gasteiger charge is -2.33. The number of methoxy groups -OCH3 is 1. The van der Waals surface area contributed by atoms with Gasteiger partial charge in [0.25, 0.3) is 0 Å². The zero-order valence-electron chi connectivity index (χ0n) is 17.1. The molecule has 0 aromatic carbocycles. The van der Waals surface area contributed by atoms with Crippen molar-refractivity contribution in [2.75, 3.05) is 33.3 Å². The molecule has 1 aliphatic heterocycles. The third-order valence-corrected chi connectivity index (χ3v) is 4.97. The van der Waals surface area contributed by atoms with Crippen LogP contribution in [0.5, 0.6) is 0 Å². The van der Waals surface area contributed by atoms with Crippen molar-refractivity contribution < 1.29 is 13.9 Å². The van der Waals surface area contributed by atoms with Crippen LogP contribution in [0.15, 0.2) is 15.5 Å². The SMILES string of the molecule is CCNC(=NCc1cc(C(=O)OC)c(C)o1)NCCCN1CCCCC1C. The van der Waals surface area contributed by atoms with Gasteiger partial charge in [-0.15, -0.1) is 0 Å². The van der Waals surface area contributed by atoms with Crippen LogP contribution in [-0.4, -0.2) is 56.2 Å². The lowest BCUT2D eigenvalue weighted by molar-refractivity contribution is 0.0599. The van der Waals surface area contributed by atoms with Crippen LogP contribution in [0.2, 0.25) is 0 Å². The van der Waals surface area contributed by atoms with Gasteiger partial charge in [-0.1, -0.05) is 6.42 Å². The molecular formula is C20H34N4O3. The van der Waals surface area contributed by atoms with Gasteiger partial charge in [-0.05, 0) is 52.6 Å². The van der Waals surface area contributed by atoms with Gasteiger partial charge in [0.05, 0.1) is 7.11 Å². The van der Waals surface area contributed by atoms with Crippen molar-refractivity contribution in [3.05, 3.63) is 23.2 Å². The summed E-state index contributed by atoms with van der Waals surface area (Å²) in [5, 5.41) is 6.63. The second kappa shape index (κ2) is 11.0. The zero-order valence-corrected chi connectivity index (χ0v) is 17.1. The van der Waals surface area contributed by atoms with E-state index >= 15 is 0 Å². The highest BCUT2D eigenvalue weighted by Crippen LogP contribution is 2.17. The minimum atomic E-state index is -0.386. The van der Waals surface area contributed by atoms with Gasteiger partial charge in [-0.25, -0.2) is 9.79 Å². The van der Waals surface area contributed by atoms with Crippen molar-refractivity contribution in [2.45, 2.75) is 59.0 Å². The van der Waals surface area contributed by atoms with Gasteiger partial charge in [0.15, 0.2) is 5.96 Å². The molecule has 1 aromatic heterocycles. The number of aliphatic imine (C=N–C) groups is 1. The second-order valence-electron chi connectivity index (χ2n) is 7.03. The molecule has 27 heavy (non-hydrogen) atoms. The van der Waals surface area contributed by atoms with Gasteiger partial charge in [0.2, 0.25) is 0 Å². The third kappa shape index (κ3) is 6.57. The van der Waals surface area contributed by atoms with Crippen LogP contribution in [0.25, 0.3) is 0 Å². The highest BCUT2D eigenvalue weighted by atomic mass is 16.5. The van der Waals surface area contributed by atoms with Crippen LogP contribution in [0.1, 0.15) is 61.4 Å². The molecule has 7 heteroatoms. The Morgan fingerprint density at radius 2 is 2.22 bits per heavy atom. The fourth-order valence-electron chi connectivity index (χ4n) is 3.41. The van der Waals surface area contributed by atoms with E-state index in [1.54, 1.807) is 13.0 Å². The standard InChI is InChI=1S/C20H34N4O3/c1-5-21-20(22-10-8-12-24-11-7-6-9-15(24)2)23-14-17-13-18(16(3)27-17)19(25)26-4/h13,15H,5-12,14H2,1-4H3,(H2,21,22,23). The first-order valence-electron chi connectivity index (χ1n) is 9.99. The molecule has 0 amide bonds. The zero-order chi connectivity index (χ0) is 19.6. The van der Waals surface area contributed by atoms with E-state index < -0.39 is 0 Å². The molecule has 0 spiro atoms. The Morgan fingerprint density at radius 1 is 1.41 bits per heavy atom. The van der Waals surface area contributed by atoms with E-state index in [0.717, 1.165) is 32.0 Å². The highest BCUT2D eigenvalue weighted by Gasteiger charge is 2.17. The fourth-order valence-corrected chi connectivity index (χ4v) is 3.41. The largest absolute Gasteiger partial charge is 0.465 e. The summed E-state index contributed by atoms with van der Waals surface area (Å²) >= 11 is 0. The first-order valence-corrected chi connectivity index (χ1v) is 9.99. The van der Waals surface area contributed by atoms with Crippen LogP contribution >= 0.6 is 0 Å². The van der Waals surface area contributed by atoms with Crippen molar-refractivity contribution in [1.82, 2.24) is 15.5 Å². The number of carbonyl (C=O) groups excluding carboxylic acids is 1.